The Hall–Kier alpha value is -0.970. The summed E-state index contributed by atoms with van der Waals surface area (Å²) in [5.74, 6) is -0.270. The minimum Gasteiger partial charge on any atom is -0.464 e. The summed E-state index contributed by atoms with van der Waals surface area (Å²) < 4.78 is 9.76. The van der Waals surface area contributed by atoms with Crippen molar-refractivity contribution in [2.45, 2.75) is 39.3 Å². The van der Waals surface area contributed by atoms with Crippen LogP contribution < -0.4 is 5.32 Å². The molecule has 0 aromatic carbocycles. The summed E-state index contributed by atoms with van der Waals surface area (Å²) in [6.07, 6.45) is -0.578. The average molecular weight is 252 g/mol. The molecule has 16 heavy (non-hydrogen) atoms. The molecule has 0 aliphatic carbocycles. The van der Waals surface area contributed by atoms with E-state index in [1.165, 1.54) is 6.92 Å². The van der Waals surface area contributed by atoms with E-state index < -0.39 is 23.7 Å². The second-order valence-corrected chi connectivity index (χ2v) is 4.61. The van der Waals surface area contributed by atoms with Gasteiger partial charge in [0.25, 0.3) is 0 Å². The van der Waals surface area contributed by atoms with Gasteiger partial charge in [0.2, 0.25) is 0 Å². The van der Waals surface area contributed by atoms with Gasteiger partial charge in [0, 0.05) is 12.8 Å². The maximum Gasteiger partial charge on any atom is 0.408 e. The summed E-state index contributed by atoms with van der Waals surface area (Å²) in [4.78, 5) is 21.9. The third kappa shape index (κ3) is 8.35. The van der Waals surface area contributed by atoms with E-state index in [1.54, 1.807) is 20.8 Å². The number of nitrogens with one attached hydrogen (secondary N) is 1. The van der Waals surface area contributed by atoms with Gasteiger partial charge in [0.15, 0.2) is 0 Å². The maximum atomic E-state index is 11.3. The van der Waals surface area contributed by atoms with Crippen molar-refractivity contribution < 1.29 is 19.1 Å². The number of alkyl carbamates (subject to hydrolysis) is 1. The number of hydrogen-bond donors (Lipinski definition) is 1. The Balaban J connectivity index is 4.02. The lowest BCUT2D eigenvalue weighted by Gasteiger charge is -2.22. The number of esters is 1. The maximum absolute atomic E-state index is 11.3. The lowest BCUT2D eigenvalue weighted by molar-refractivity contribution is -0.141. The molecule has 0 bridgehead atoms. The number of rotatable bonds is 4. The number of carbonyl (C=O) groups excluding carboxylic acids is 2. The monoisotopic (exact) mass is 251 g/mol. The summed E-state index contributed by atoms with van der Waals surface area (Å²) in [5.41, 5.74) is -0.567. The lowest BCUT2D eigenvalue weighted by atomic mass is 10.2. The Morgan fingerprint density at radius 3 is 2.31 bits per heavy atom. The number of hydrogen-bond acceptors (Lipinski definition) is 4. The van der Waals surface area contributed by atoms with Gasteiger partial charge < -0.3 is 14.8 Å². The molecular formula is C10H18ClNO4. The SMILES string of the molecule is CC(=O)OC[C@@H](CCl)NC(=O)OC(C)(C)C. The predicted molar refractivity (Wildman–Crippen MR) is 60.5 cm³/mol. The van der Waals surface area contributed by atoms with Crippen molar-refractivity contribution in [3.63, 3.8) is 0 Å². The first-order valence-corrected chi connectivity index (χ1v) is 5.47. The van der Waals surface area contributed by atoms with Gasteiger partial charge in [-0.1, -0.05) is 0 Å². The highest BCUT2D eigenvalue weighted by atomic mass is 35.5. The van der Waals surface area contributed by atoms with Gasteiger partial charge in [-0.3, -0.25) is 4.79 Å². The number of carbonyl (C=O) groups is 2. The van der Waals surface area contributed by atoms with E-state index >= 15 is 0 Å². The van der Waals surface area contributed by atoms with Gasteiger partial charge in [-0.2, -0.15) is 0 Å². The summed E-state index contributed by atoms with van der Waals surface area (Å²) in [6.45, 7) is 6.61. The minimum atomic E-state index is -0.578. The van der Waals surface area contributed by atoms with Crippen LogP contribution in [0.3, 0.4) is 0 Å². The highest BCUT2D eigenvalue weighted by Crippen LogP contribution is 2.07. The minimum absolute atomic E-state index is 0.0398. The standard InChI is InChI=1S/C10H18ClNO4/c1-7(13)15-6-8(5-11)12-9(14)16-10(2,3)4/h8H,5-6H2,1-4H3,(H,12,14)/t8-/m1/s1. The fraction of sp³-hybridized carbons (Fsp3) is 0.800. The van der Waals surface area contributed by atoms with E-state index in [9.17, 15) is 9.59 Å². The summed E-state index contributed by atoms with van der Waals surface area (Å²) in [5, 5.41) is 2.51. The number of alkyl halides is 1. The first-order valence-electron chi connectivity index (χ1n) is 4.93. The Bertz CT molecular complexity index is 250. The van der Waals surface area contributed by atoms with Crippen molar-refractivity contribution in [2.24, 2.45) is 0 Å². The third-order valence-electron chi connectivity index (χ3n) is 1.39. The second kappa shape index (κ2) is 6.58. The Kier molecular flexibility index (Phi) is 6.18. The molecule has 0 aromatic heterocycles. The van der Waals surface area contributed by atoms with Crippen LogP contribution in [0.2, 0.25) is 0 Å². The van der Waals surface area contributed by atoms with Crippen LogP contribution in [-0.2, 0) is 14.3 Å². The lowest BCUT2D eigenvalue weighted by Crippen LogP contribution is -2.42. The first kappa shape index (κ1) is 15.0. The van der Waals surface area contributed by atoms with Gasteiger partial charge in [0.1, 0.15) is 12.2 Å². The summed E-state index contributed by atoms with van der Waals surface area (Å²) in [6, 6.07) is -0.444. The number of ether oxygens (including phenoxy) is 2. The highest BCUT2D eigenvalue weighted by molar-refractivity contribution is 6.18. The van der Waals surface area contributed by atoms with Crippen LogP contribution in [0.25, 0.3) is 0 Å². The van der Waals surface area contributed by atoms with E-state index in [0.717, 1.165) is 0 Å². The first-order chi connectivity index (χ1) is 7.24. The normalized spacial score (nSPS) is 12.8. The summed E-state index contributed by atoms with van der Waals surface area (Å²) >= 11 is 5.60. The van der Waals surface area contributed by atoms with E-state index in [0.29, 0.717) is 0 Å². The van der Waals surface area contributed by atoms with E-state index in [1.807, 2.05) is 0 Å². The molecule has 0 spiro atoms. The van der Waals surface area contributed by atoms with E-state index in [-0.39, 0.29) is 12.5 Å². The molecule has 1 atom stereocenters. The molecule has 0 fully saturated rings. The van der Waals surface area contributed by atoms with Crippen LogP contribution in [0.15, 0.2) is 0 Å². The smallest absolute Gasteiger partial charge is 0.408 e. The number of amides is 1. The van der Waals surface area contributed by atoms with Crippen LogP contribution in [0, 0.1) is 0 Å². The van der Waals surface area contributed by atoms with Gasteiger partial charge >= 0.3 is 12.1 Å². The highest BCUT2D eigenvalue weighted by Gasteiger charge is 2.19. The molecule has 94 valence electrons. The summed E-state index contributed by atoms with van der Waals surface area (Å²) in [7, 11) is 0. The predicted octanol–water partition coefficient (Wildman–Crippen LogP) is 1.68. The van der Waals surface area contributed by atoms with Crippen molar-refractivity contribution in [1.29, 1.82) is 0 Å². The zero-order valence-corrected chi connectivity index (χ0v) is 10.8. The van der Waals surface area contributed by atoms with Crippen molar-refractivity contribution in [2.75, 3.05) is 12.5 Å². The zero-order valence-electron chi connectivity index (χ0n) is 10.0. The molecule has 1 N–H and O–H groups in total. The Morgan fingerprint density at radius 2 is 1.94 bits per heavy atom. The third-order valence-corrected chi connectivity index (χ3v) is 1.77. The topological polar surface area (TPSA) is 64.6 Å². The fourth-order valence-electron chi connectivity index (χ4n) is 0.817. The van der Waals surface area contributed by atoms with Crippen molar-refractivity contribution >= 4 is 23.7 Å². The van der Waals surface area contributed by atoms with Gasteiger partial charge in [0.05, 0.1) is 6.04 Å². The van der Waals surface area contributed by atoms with Crippen LogP contribution >= 0.6 is 11.6 Å². The average Bonchev–Trinajstić information content (AvgIpc) is 2.08. The van der Waals surface area contributed by atoms with E-state index in [2.05, 4.69) is 5.32 Å². The van der Waals surface area contributed by atoms with Gasteiger partial charge in [-0.15, -0.1) is 11.6 Å². The van der Waals surface area contributed by atoms with Crippen molar-refractivity contribution in [3.05, 3.63) is 0 Å². The molecule has 0 saturated heterocycles. The fourth-order valence-corrected chi connectivity index (χ4v) is 0.983. The molecule has 0 saturated carbocycles. The molecule has 1 amide bonds. The van der Waals surface area contributed by atoms with Crippen molar-refractivity contribution in [3.8, 4) is 0 Å². The number of halogens is 1. The molecule has 6 heteroatoms. The second-order valence-electron chi connectivity index (χ2n) is 4.30. The van der Waals surface area contributed by atoms with Gasteiger partial charge in [-0.05, 0) is 20.8 Å². The molecule has 0 heterocycles. The van der Waals surface area contributed by atoms with Crippen molar-refractivity contribution in [1.82, 2.24) is 5.32 Å². The molecule has 0 unspecified atom stereocenters. The van der Waals surface area contributed by atoms with Crippen LogP contribution in [0.1, 0.15) is 27.7 Å². The van der Waals surface area contributed by atoms with Crippen LogP contribution in [-0.4, -0.2) is 36.2 Å². The van der Waals surface area contributed by atoms with Gasteiger partial charge in [-0.25, -0.2) is 4.79 Å². The molecular weight excluding hydrogens is 234 g/mol. The zero-order chi connectivity index (χ0) is 12.8. The molecule has 0 radical (unpaired) electrons. The quantitative estimate of drug-likeness (QED) is 0.610. The molecule has 5 nitrogen and oxygen atoms in total. The molecule has 0 aliphatic rings. The Labute approximate surface area is 100 Å². The molecule has 0 aliphatic heterocycles. The Morgan fingerprint density at radius 1 is 1.38 bits per heavy atom. The largest absolute Gasteiger partial charge is 0.464 e. The van der Waals surface area contributed by atoms with Crippen LogP contribution in [0.4, 0.5) is 4.79 Å². The van der Waals surface area contributed by atoms with E-state index in [4.69, 9.17) is 21.1 Å². The molecule has 0 aromatic rings. The van der Waals surface area contributed by atoms with Crippen LogP contribution in [0.5, 0.6) is 0 Å². The molecule has 0 rings (SSSR count).